The fourth-order valence-electron chi connectivity index (χ4n) is 4.38. The number of hydrogen-bond acceptors (Lipinski definition) is 5. The molecule has 172 valence electrons. The van der Waals surface area contributed by atoms with Gasteiger partial charge < -0.3 is 9.30 Å². The molecule has 0 N–H and O–H groups in total. The summed E-state index contributed by atoms with van der Waals surface area (Å²) < 4.78 is 23.0. The Balaban J connectivity index is 1.75. The van der Waals surface area contributed by atoms with Crippen molar-refractivity contribution in [3.8, 4) is 0 Å². The van der Waals surface area contributed by atoms with Crippen LogP contribution in [-0.4, -0.2) is 21.7 Å². The second-order valence-corrected chi connectivity index (χ2v) is 9.08. The topological polar surface area (TPSA) is 65.6 Å². The molecule has 6 nitrogen and oxygen atoms in total. The van der Waals surface area contributed by atoms with Crippen LogP contribution < -0.4 is 14.9 Å². The lowest BCUT2D eigenvalue weighted by Crippen LogP contribution is -2.39. The molecule has 34 heavy (non-hydrogen) atoms. The van der Waals surface area contributed by atoms with Crippen molar-refractivity contribution >= 4 is 34.3 Å². The lowest BCUT2D eigenvalue weighted by Gasteiger charge is -2.24. The van der Waals surface area contributed by atoms with E-state index in [0.717, 1.165) is 16.5 Å². The number of aromatic nitrogens is 2. The van der Waals surface area contributed by atoms with Crippen molar-refractivity contribution in [3.05, 3.63) is 103 Å². The Kier molecular flexibility index (Phi) is 5.53. The van der Waals surface area contributed by atoms with Gasteiger partial charge in [0.05, 0.1) is 28.5 Å². The number of thiazole rings is 1. The van der Waals surface area contributed by atoms with Crippen LogP contribution in [0.3, 0.4) is 0 Å². The molecule has 0 saturated heterocycles. The minimum atomic E-state index is -0.759. The molecular weight excluding hydrogens is 453 g/mol. The molecule has 3 heterocycles. The molecule has 0 bridgehead atoms. The van der Waals surface area contributed by atoms with Gasteiger partial charge in [-0.1, -0.05) is 41.7 Å². The summed E-state index contributed by atoms with van der Waals surface area (Å²) >= 11 is 1.27. The molecule has 5 rings (SSSR count). The molecule has 0 aliphatic carbocycles. The number of rotatable bonds is 4. The molecule has 0 amide bonds. The van der Waals surface area contributed by atoms with Crippen LogP contribution in [0.5, 0.6) is 0 Å². The number of benzene rings is 2. The maximum absolute atomic E-state index is 13.7. The van der Waals surface area contributed by atoms with Crippen LogP contribution in [0.15, 0.2) is 75.8 Å². The van der Waals surface area contributed by atoms with Crippen LogP contribution in [0.1, 0.15) is 31.0 Å². The van der Waals surface area contributed by atoms with Gasteiger partial charge in [-0.3, -0.25) is 9.36 Å². The Morgan fingerprint density at radius 1 is 1.21 bits per heavy atom. The van der Waals surface area contributed by atoms with E-state index in [4.69, 9.17) is 4.74 Å². The first-order valence-electron chi connectivity index (χ1n) is 10.9. The number of ether oxygens (including phenoxy) is 1. The van der Waals surface area contributed by atoms with Crippen molar-refractivity contribution in [3.63, 3.8) is 0 Å². The molecule has 8 heteroatoms. The molecule has 2 aromatic heterocycles. The van der Waals surface area contributed by atoms with Crippen LogP contribution in [0.25, 0.3) is 17.0 Å². The average molecular weight is 476 g/mol. The number of esters is 1. The second-order valence-electron chi connectivity index (χ2n) is 8.07. The maximum atomic E-state index is 13.7. The van der Waals surface area contributed by atoms with E-state index in [-0.39, 0.29) is 17.7 Å². The van der Waals surface area contributed by atoms with Crippen molar-refractivity contribution in [1.82, 2.24) is 9.13 Å². The summed E-state index contributed by atoms with van der Waals surface area (Å²) in [6, 6.07) is 13.0. The zero-order valence-electron chi connectivity index (χ0n) is 18.9. The number of allylic oxidation sites excluding steroid dienone is 1. The van der Waals surface area contributed by atoms with Gasteiger partial charge in [-0.2, -0.15) is 0 Å². The smallest absolute Gasteiger partial charge is 0.338 e. The quantitative estimate of drug-likeness (QED) is 0.425. The minimum absolute atomic E-state index is 0.192. The summed E-state index contributed by atoms with van der Waals surface area (Å²) in [6.07, 6.45) is 3.84. The van der Waals surface area contributed by atoms with Gasteiger partial charge in [-0.25, -0.2) is 14.2 Å². The molecule has 1 aliphatic heterocycles. The van der Waals surface area contributed by atoms with Crippen molar-refractivity contribution in [2.24, 2.45) is 12.0 Å². The van der Waals surface area contributed by atoms with Gasteiger partial charge in [0, 0.05) is 29.7 Å². The molecule has 1 atom stereocenters. The van der Waals surface area contributed by atoms with E-state index >= 15 is 0 Å². The first-order valence-corrected chi connectivity index (χ1v) is 11.7. The third-order valence-electron chi connectivity index (χ3n) is 5.92. The lowest BCUT2D eigenvalue weighted by atomic mass is 9.96. The van der Waals surface area contributed by atoms with Crippen molar-refractivity contribution in [2.75, 3.05) is 6.61 Å². The highest BCUT2D eigenvalue weighted by Crippen LogP contribution is 2.30. The van der Waals surface area contributed by atoms with E-state index < -0.39 is 17.8 Å². The van der Waals surface area contributed by atoms with E-state index in [1.165, 1.54) is 28.0 Å². The zero-order chi connectivity index (χ0) is 24.0. The van der Waals surface area contributed by atoms with Gasteiger partial charge in [-0.05, 0) is 43.7 Å². The first kappa shape index (κ1) is 22.0. The Morgan fingerprint density at radius 3 is 2.68 bits per heavy atom. The molecule has 0 fully saturated rings. The van der Waals surface area contributed by atoms with E-state index in [1.807, 2.05) is 48.2 Å². The minimum Gasteiger partial charge on any atom is -0.463 e. The molecule has 4 aromatic rings. The van der Waals surface area contributed by atoms with E-state index in [9.17, 15) is 14.0 Å². The molecule has 0 radical (unpaired) electrons. The molecule has 0 spiro atoms. The highest BCUT2D eigenvalue weighted by Gasteiger charge is 2.33. The molecule has 0 saturated carbocycles. The molecular formula is C26H22FN3O3S. The molecule has 1 aliphatic rings. The van der Waals surface area contributed by atoms with Crippen LogP contribution in [0.4, 0.5) is 4.39 Å². The summed E-state index contributed by atoms with van der Waals surface area (Å²) in [5.41, 5.74) is 3.08. The van der Waals surface area contributed by atoms with E-state index in [2.05, 4.69) is 4.99 Å². The standard InChI is InChI=1S/C26H22FN3O3S/c1-4-33-25(32)22-15(2)28-26-30(23(22)16-9-11-18(27)12-10-16)24(31)21(34-26)13-17-14-29(3)20-8-6-5-7-19(17)20/h5-14,23H,4H2,1-3H3/b21-13-/t23-/m1/s1. The number of hydrogen-bond donors (Lipinski definition) is 0. The largest absolute Gasteiger partial charge is 0.463 e. The number of aryl methyl sites for hydroxylation is 1. The van der Waals surface area contributed by atoms with Gasteiger partial charge in [0.1, 0.15) is 5.82 Å². The number of carbonyl (C=O) groups is 1. The van der Waals surface area contributed by atoms with Crippen molar-refractivity contribution in [2.45, 2.75) is 19.9 Å². The van der Waals surface area contributed by atoms with Crippen LogP contribution in [0, 0.1) is 5.82 Å². The van der Waals surface area contributed by atoms with E-state index in [1.54, 1.807) is 26.0 Å². The highest BCUT2D eigenvalue weighted by atomic mass is 32.1. The predicted octanol–water partition coefficient (Wildman–Crippen LogP) is 3.43. The van der Waals surface area contributed by atoms with Gasteiger partial charge in [0.2, 0.25) is 0 Å². The Morgan fingerprint density at radius 2 is 1.94 bits per heavy atom. The van der Waals surface area contributed by atoms with Gasteiger partial charge in [-0.15, -0.1) is 0 Å². The Bertz CT molecular complexity index is 1640. The normalized spacial score (nSPS) is 16.0. The maximum Gasteiger partial charge on any atom is 0.338 e. The van der Waals surface area contributed by atoms with Crippen molar-refractivity contribution in [1.29, 1.82) is 0 Å². The Labute approximate surface area is 198 Å². The second kappa shape index (κ2) is 8.53. The number of halogens is 1. The molecule has 0 unspecified atom stereocenters. The number of fused-ring (bicyclic) bond motifs is 2. The summed E-state index contributed by atoms with van der Waals surface area (Å²) in [5.74, 6) is -0.938. The number of para-hydroxylation sites is 1. The number of nitrogens with zero attached hydrogens (tertiary/aromatic N) is 3. The number of carbonyl (C=O) groups excluding carboxylic acids is 1. The summed E-state index contributed by atoms with van der Waals surface area (Å²) in [5, 5.41) is 1.04. The van der Waals surface area contributed by atoms with Crippen LogP contribution in [-0.2, 0) is 16.6 Å². The fraction of sp³-hybridized carbons (Fsp3) is 0.192. The summed E-state index contributed by atoms with van der Waals surface area (Å²) in [6.45, 7) is 3.64. The lowest BCUT2D eigenvalue weighted by molar-refractivity contribution is -0.139. The third-order valence-corrected chi connectivity index (χ3v) is 6.90. The Hall–Kier alpha value is -3.78. The summed E-state index contributed by atoms with van der Waals surface area (Å²) in [4.78, 5) is 31.6. The monoisotopic (exact) mass is 475 g/mol. The SMILES string of the molecule is CCOC(=O)C1=C(C)N=c2s/c(=C\c3cn(C)c4ccccc34)c(=O)n2[C@@H]1c1ccc(F)cc1. The van der Waals surface area contributed by atoms with Gasteiger partial charge in [0.25, 0.3) is 5.56 Å². The molecule has 2 aromatic carbocycles. The van der Waals surface area contributed by atoms with Gasteiger partial charge in [0.15, 0.2) is 4.80 Å². The highest BCUT2D eigenvalue weighted by molar-refractivity contribution is 7.07. The van der Waals surface area contributed by atoms with E-state index in [0.29, 0.717) is 20.6 Å². The van der Waals surface area contributed by atoms with Crippen molar-refractivity contribution < 1.29 is 13.9 Å². The predicted molar refractivity (Wildman–Crippen MR) is 130 cm³/mol. The van der Waals surface area contributed by atoms with Crippen LogP contribution in [0.2, 0.25) is 0 Å². The van der Waals surface area contributed by atoms with Gasteiger partial charge >= 0.3 is 5.97 Å². The average Bonchev–Trinajstić information content (AvgIpc) is 3.30. The van der Waals surface area contributed by atoms with Crippen LogP contribution >= 0.6 is 11.3 Å². The third kappa shape index (κ3) is 3.60. The fourth-order valence-corrected chi connectivity index (χ4v) is 5.42. The first-order chi connectivity index (χ1) is 16.4. The summed E-state index contributed by atoms with van der Waals surface area (Å²) in [7, 11) is 1.96. The zero-order valence-corrected chi connectivity index (χ0v) is 19.7.